The van der Waals surface area contributed by atoms with Gasteiger partial charge in [0.15, 0.2) is 5.82 Å². The van der Waals surface area contributed by atoms with Crippen LogP contribution in [0, 0.1) is 0 Å². The van der Waals surface area contributed by atoms with Gasteiger partial charge >= 0.3 is 0 Å². The maximum absolute atomic E-state index is 6.90. The lowest BCUT2D eigenvalue weighted by atomic mass is 9.97. The minimum Gasteiger partial charge on any atom is -0.456 e. The average Bonchev–Trinajstić information content (AvgIpc) is 3.83. The molecule has 3 aromatic heterocycles. The quantitative estimate of drug-likeness (QED) is 0.182. The number of nitrogens with zero attached hydrogens (tertiary/aromatic N) is 3. The molecule has 12 aromatic rings. The second-order valence-corrected chi connectivity index (χ2v) is 14.5. The van der Waals surface area contributed by atoms with E-state index in [1.807, 2.05) is 24.3 Å². The fourth-order valence-corrected chi connectivity index (χ4v) is 8.93. The van der Waals surface area contributed by atoms with Gasteiger partial charge in [0, 0.05) is 49.7 Å². The van der Waals surface area contributed by atoms with Crippen LogP contribution >= 0.6 is 0 Å². The van der Waals surface area contributed by atoms with Gasteiger partial charge in [0.05, 0.1) is 28.1 Å². The molecule has 0 unspecified atom stereocenters. The molecule has 0 N–H and O–H groups in total. The monoisotopic (exact) mass is 713 g/mol. The summed E-state index contributed by atoms with van der Waals surface area (Å²) in [6.07, 6.45) is 0. The molecule has 4 nitrogen and oxygen atoms in total. The van der Waals surface area contributed by atoms with Crippen molar-refractivity contribution in [2.24, 2.45) is 0 Å². The molecule has 0 saturated carbocycles. The summed E-state index contributed by atoms with van der Waals surface area (Å²) in [6.45, 7) is 0. The van der Waals surface area contributed by atoms with Crippen LogP contribution in [0.25, 0.3) is 116 Å². The fraction of sp³-hybridized carbons (Fsp3) is 0. The number of benzene rings is 9. The van der Waals surface area contributed by atoms with Crippen molar-refractivity contribution in [3.63, 3.8) is 0 Å². The summed E-state index contributed by atoms with van der Waals surface area (Å²) in [5.74, 6) is 0.685. The molecule has 0 radical (unpaired) electrons. The molecule has 9 aromatic carbocycles. The highest BCUT2D eigenvalue weighted by Crippen LogP contribution is 2.46. The summed E-state index contributed by atoms with van der Waals surface area (Å²) >= 11 is 0. The highest BCUT2D eigenvalue weighted by molar-refractivity contribution is 6.30. The van der Waals surface area contributed by atoms with Crippen LogP contribution in [0.4, 0.5) is 0 Å². The van der Waals surface area contributed by atoms with Crippen LogP contribution in [0.15, 0.2) is 192 Å². The Labute approximate surface area is 321 Å². The van der Waals surface area contributed by atoms with E-state index in [1.54, 1.807) is 0 Å². The average molecular weight is 714 g/mol. The van der Waals surface area contributed by atoms with Crippen LogP contribution < -0.4 is 0 Å². The van der Waals surface area contributed by atoms with Gasteiger partial charge in [0.1, 0.15) is 11.2 Å². The third kappa shape index (κ3) is 4.53. The summed E-state index contributed by atoms with van der Waals surface area (Å²) < 4.78 is 9.35. The molecule has 0 saturated heterocycles. The minimum atomic E-state index is 0.685. The Hall–Kier alpha value is -7.56. The van der Waals surface area contributed by atoms with E-state index in [9.17, 15) is 0 Å². The van der Waals surface area contributed by atoms with Crippen molar-refractivity contribution in [2.45, 2.75) is 0 Å². The van der Waals surface area contributed by atoms with E-state index in [0.29, 0.717) is 5.82 Å². The third-order valence-corrected chi connectivity index (χ3v) is 11.4. The zero-order chi connectivity index (χ0) is 36.7. The van der Waals surface area contributed by atoms with Crippen molar-refractivity contribution < 1.29 is 4.42 Å². The van der Waals surface area contributed by atoms with Crippen molar-refractivity contribution in [2.75, 3.05) is 0 Å². The van der Waals surface area contributed by atoms with Gasteiger partial charge in [0.2, 0.25) is 0 Å². The third-order valence-electron chi connectivity index (χ3n) is 11.4. The molecular weight excluding hydrogens is 683 g/mol. The van der Waals surface area contributed by atoms with E-state index in [0.717, 1.165) is 66.5 Å². The number of furan rings is 1. The van der Waals surface area contributed by atoms with E-state index in [4.69, 9.17) is 14.4 Å². The maximum Gasteiger partial charge on any atom is 0.160 e. The van der Waals surface area contributed by atoms with Gasteiger partial charge in [0.25, 0.3) is 0 Å². The van der Waals surface area contributed by atoms with Crippen LogP contribution in [0.1, 0.15) is 0 Å². The number of rotatable bonds is 4. The molecule has 0 spiro atoms. The van der Waals surface area contributed by atoms with Gasteiger partial charge in [-0.2, -0.15) is 0 Å². The molecular formula is C52H31N3O. The molecule has 260 valence electrons. The molecule has 0 fully saturated rings. The Morgan fingerprint density at radius 2 is 0.946 bits per heavy atom. The van der Waals surface area contributed by atoms with Gasteiger partial charge < -0.3 is 8.98 Å². The number of hydrogen-bond acceptors (Lipinski definition) is 3. The molecule has 12 rings (SSSR count). The summed E-state index contributed by atoms with van der Waals surface area (Å²) in [7, 11) is 0. The predicted octanol–water partition coefficient (Wildman–Crippen LogP) is 13.9. The van der Waals surface area contributed by atoms with Crippen molar-refractivity contribution in [3.05, 3.63) is 188 Å². The number of hydrogen-bond donors (Lipinski definition) is 0. The van der Waals surface area contributed by atoms with Gasteiger partial charge in [-0.05, 0) is 51.2 Å². The molecule has 56 heavy (non-hydrogen) atoms. The predicted molar refractivity (Wildman–Crippen MR) is 232 cm³/mol. The largest absolute Gasteiger partial charge is 0.456 e. The summed E-state index contributed by atoms with van der Waals surface area (Å²) in [4.78, 5) is 10.3. The first kappa shape index (κ1) is 30.9. The summed E-state index contributed by atoms with van der Waals surface area (Å²) in [6, 6.07) is 66.5. The zero-order valence-electron chi connectivity index (χ0n) is 30.1. The molecule has 0 amide bonds. The molecule has 4 heteroatoms. The molecule has 0 aliphatic carbocycles. The summed E-state index contributed by atoms with van der Waals surface area (Å²) in [5.41, 5.74) is 9.80. The number of fused-ring (bicyclic) bond motifs is 12. The first-order valence-electron chi connectivity index (χ1n) is 19.0. The Kier molecular flexibility index (Phi) is 6.60. The van der Waals surface area contributed by atoms with Crippen molar-refractivity contribution in [1.82, 2.24) is 14.5 Å². The maximum atomic E-state index is 6.90. The van der Waals surface area contributed by atoms with Crippen LogP contribution in [-0.2, 0) is 0 Å². The topological polar surface area (TPSA) is 43.9 Å². The normalized spacial score (nSPS) is 11.9. The lowest BCUT2D eigenvalue weighted by molar-refractivity contribution is 0.669. The Balaban J connectivity index is 1.17. The minimum absolute atomic E-state index is 0.685. The Morgan fingerprint density at radius 1 is 0.375 bits per heavy atom. The van der Waals surface area contributed by atoms with Crippen molar-refractivity contribution >= 4 is 76.1 Å². The second-order valence-electron chi connectivity index (χ2n) is 14.5. The molecule has 0 bridgehead atoms. The van der Waals surface area contributed by atoms with E-state index in [-0.39, 0.29) is 0 Å². The summed E-state index contributed by atoms with van der Waals surface area (Å²) in [5, 5.41) is 11.9. The van der Waals surface area contributed by atoms with Crippen molar-refractivity contribution in [3.8, 4) is 39.6 Å². The Bertz CT molecular complexity index is 3380. The van der Waals surface area contributed by atoms with Crippen LogP contribution in [-0.4, -0.2) is 14.5 Å². The lowest BCUT2D eigenvalue weighted by Gasteiger charge is -2.13. The van der Waals surface area contributed by atoms with Gasteiger partial charge in [-0.3, -0.25) is 0 Å². The van der Waals surface area contributed by atoms with Gasteiger partial charge in [-0.15, -0.1) is 0 Å². The van der Waals surface area contributed by atoms with E-state index < -0.39 is 0 Å². The molecule has 3 heterocycles. The van der Waals surface area contributed by atoms with E-state index in [2.05, 4.69) is 168 Å². The first-order chi connectivity index (χ1) is 27.8. The lowest BCUT2D eigenvalue weighted by Crippen LogP contribution is -1.97. The standard InChI is InChI=1S/C52H31N3O/c1-3-16-34(17-4-1)41-30-42(54-52(53-41)35-18-5-2-6-19-35)40-24-13-25-46-51(40)50-39-23-12-11-22-38(39)45(31-47(50)56-46)55-43-28-26-32-14-7-9-20-36(32)48(43)49-37-21-10-8-15-33(37)27-29-44(49)55/h1-31H. The van der Waals surface area contributed by atoms with E-state index >= 15 is 0 Å². The van der Waals surface area contributed by atoms with Gasteiger partial charge in [-0.1, -0.05) is 158 Å². The van der Waals surface area contributed by atoms with Gasteiger partial charge in [-0.25, -0.2) is 9.97 Å². The highest BCUT2D eigenvalue weighted by Gasteiger charge is 2.23. The molecule has 0 aliphatic rings. The van der Waals surface area contributed by atoms with Crippen LogP contribution in [0.5, 0.6) is 0 Å². The Morgan fingerprint density at radius 3 is 1.62 bits per heavy atom. The number of aromatic nitrogens is 3. The zero-order valence-corrected chi connectivity index (χ0v) is 30.1. The molecule has 0 aliphatic heterocycles. The van der Waals surface area contributed by atoms with Crippen LogP contribution in [0.3, 0.4) is 0 Å². The molecule has 0 atom stereocenters. The fourth-order valence-electron chi connectivity index (χ4n) is 8.93. The van der Waals surface area contributed by atoms with Crippen molar-refractivity contribution in [1.29, 1.82) is 0 Å². The SMILES string of the molecule is c1ccc(-c2cc(-c3cccc4oc5cc(-n6c7ccc8ccccc8c7c7c8ccccc8ccc76)c6ccccc6c5c34)nc(-c3ccccc3)n2)cc1. The van der Waals surface area contributed by atoms with E-state index in [1.165, 1.54) is 43.4 Å². The second kappa shape index (κ2) is 12.0. The highest BCUT2D eigenvalue weighted by atomic mass is 16.3. The first-order valence-corrected chi connectivity index (χ1v) is 19.0. The smallest absolute Gasteiger partial charge is 0.160 e. The van der Waals surface area contributed by atoms with Crippen LogP contribution in [0.2, 0.25) is 0 Å².